The first kappa shape index (κ1) is 13.1. The second-order valence-electron chi connectivity index (χ2n) is 2.34. The van der Waals surface area contributed by atoms with Crippen molar-refractivity contribution in [2.45, 2.75) is 6.42 Å². The van der Waals surface area contributed by atoms with E-state index in [-0.39, 0.29) is 13.2 Å². The van der Waals surface area contributed by atoms with Gasteiger partial charge in [0.25, 0.3) is 0 Å². The zero-order chi connectivity index (χ0) is 10.8. The van der Waals surface area contributed by atoms with Crippen molar-refractivity contribution in [2.75, 3.05) is 27.1 Å². The predicted octanol–water partition coefficient (Wildman–Crippen LogP) is 2.31. The zero-order valence-electron chi connectivity index (χ0n) is 8.09. The Morgan fingerprint density at radius 1 is 1.36 bits per heavy atom. The molecule has 0 aromatic heterocycles. The van der Waals surface area contributed by atoms with Gasteiger partial charge in [0.1, 0.15) is 0 Å². The van der Waals surface area contributed by atoms with E-state index < -0.39 is 11.8 Å². The van der Waals surface area contributed by atoms with Gasteiger partial charge in [-0.2, -0.15) is 8.78 Å². The molecular weight excluding hydrogens is 194 g/mol. The van der Waals surface area contributed by atoms with Crippen molar-refractivity contribution < 1.29 is 23.0 Å². The Labute approximate surface area is 82.0 Å². The van der Waals surface area contributed by atoms with E-state index in [1.807, 2.05) is 0 Å². The summed E-state index contributed by atoms with van der Waals surface area (Å²) in [5.41, 5.74) is 0. The second-order valence-corrected chi connectivity index (χ2v) is 2.34. The topological polar surface area (TPSA) is 27.7 Å². The molecule has 0 saturated heterocycles. The zero-order valence-corrected chi connectivity index (χ0v) is 8.09. The number of ether oxygens (including phenoxy) is 3. The highest BCUT2D eigenvalue weighted by Crippen LogP contribution is 2.13. The monoisotopic (exact) mass is 208 g/mol. The molecule has 0 amide bonds. The Kier molecular flexibility index (Phi) is 8.07. The Hall–Kier alpha value is -0.940. The van der Waals surface area contributed by atoms with Crippen molar-refractivity contribution in [3.05, 3.63) is 24.5 Å². The number of hydrogen-bond donors (Lipinski definition) is 0. The third kappa shape index (κ3) is 6.56. The van der Waals surface area contributed by atoms with E-state index in [0.717, 1.165) is 0 Å². The number of rotatable bonds is 8. The molecule has 5 heteroatoms. The molecule has 0 unspecified atom stereocenters. The highest BCUT2D eigenvalue weighted by molar-refractivity contribution is 4.98. The largest absolute Gasteiger partial charge is 0.466 e. The lowest BCUT2D eigenvalue weighted by atomic mass is 10.4. The lowest BCUT2D eigenvalue weighted by Gasteiger charge is -2.07. The maximum Gasteiger partial charge on any atom is 0.308 e. The molecule has 0 atom stereocenters. The molecule has 0 N–H and O–H groups in total. The first-order valence-corrected chi connectivity index (χ1v) is 4.07. The van der Waals surface area contributed by atoms with Gasteiger partial charge in [0.2, 0.25) is 0 Å². The summed E-state index contributed by atoms with van der Waals surface area (Å²) in [6, 6.07) is 0. The van der Waals surface area contributed by atoms with Crippen molar-refractivity contribution in [2.24, 2.45) is 0 Å². The van der Waals surface area contributed by atoms with Crippen molar-refractivity contribution in [3.8, 4) is 0 Å². The van der Waals surface area contributed by atoms with Gasteiger partial charge >= 0.3 is 6.08 Å². The van der Waals surface area contributed by atoms with Gasteiger partial charge in [-0.3, -0.25) is 0 Å². The quantitative estimate of drug-likeness (QED) is 0.265. The van der Waals surface area contributed by atoms with E-state index in [1.165, 1.54) is 13.2 Å². The van der Waals surface area contributed by atoms with Crippen LogP contribution in [-0.4, -0.2) is 27.1 Å². The summed E-state index contributed by atoms with van der Waals surface area (Å²) in [7, 11) is 1.52. The minimum Gasteiger partial charge on any atom is -0.466 e. The van der Waals surface area contributed by atoms with Crippen LogP contribution in [0.1, 0.15) is 6.42 Å². The summed E-state index contributed by atoms with van der Waals surface area (Å²) in [5.74, 6) is -0.405. The fourth-order valence-electron chi connectivity index (χ4n) is 0.636. The molecule has 0 aromatic carbocycles. The molecule has 3 nitrogen and oxygen atoms in total. The molecular formula is C9H14F2O3. The minimum atomic E-state index is -1.85. The van der Waals surface area contributed by atoms with Crippen LogP contribution in [0.2, 0.25) is 0 Å². The van der Waals surface area contributed by atoms with Gasteiger partial charge in [0.05, 0.1) is 13.2 Å². The molecule has 0 spiro atoms. The summed E-state index contributed by atoms with van der Waals surface area (Å²) in [6.45, 7) is 3.84. The van der Waals surface area contributed by atoms with Crippen LogP contribution in [-0.2, 0) is 14.2 Å². The third-order valence-electron chi connectivity index (χ3n) is 1.29. The lowest BCUT2D eigenvalue weighted by molar-refractivity contribution is -0.0442. The highest BCUT2D eigenvalue weighted by Gasteiger charge is 2.05. The van der Waals surface area contributed by atoms with Gasteiger partial charge in [-0.1, -0.05) is 6.08 Å². The minimum absolute atomic E-state index is 0.00400. The molecule has 0 aliphatic rings. The molecule has 82 valence electrons. The molecule has 0 aromatic rings. The predicted molar refractivity (Wildman–Crippen MR) is 47.8 cm³/mol. The van der Waals surface area contributed by atoms with E-state index in [4.69, 9.17) is 4.74 Å². The van der Waals surface area contributed by atoms with Gasteiger partial charge in [-0.15, -0.1) is 6.58 Å². The van der Waals surface area contributed by atoms with Gasteiger partial charge in [0, 0.05) is 13.5 Å². The van der Waals surface area contributed by atoms with Gasteiger partial charge in [0.15, 0.2) is 12.6 Å². The fourth-order valence-corrected chi connectivity index (χ4v) is 0.636. The lowest BCUT2D eigenvalue weighted by Crippen LogP contribution is -2.06. The first-order valence-electron chi connectivity index (χ1n) is 4.07. The normalized spacial score (nSPS) is 9.64. The van der Waals surface area contributed by atoms with Gasteiger partial charge < -0.3 is 14.2 Å². The average molecular weight is 208 g/mol. The van der Waals surface area contributed by atoms with E-state index in [0.29, 0.717) is 13.2 Å². The molecule has 0 rings (SSSR count). The molecule has 0 bridgehead atoms. The first-order chi connectivity index (χ1) is 6.72. The van der Waals surface area contributed by atoms with Crippen LogP contribution >= 0.6 is 0 Å². The van der Waals surface area contributed by atoms with Crippen molar-refractivity contribution in [1.82, 2.24) is 0 Å². The van der Waals surface area contributed by atoms with Crippen molar-refractivity contribution in [3.63, 3.8) is 0 Å². The Morgan fingerprint density at radius 3 is 2.57 bits per heavy atom. The van der Waals surface area contributed by atoms with Crippen LogP contribution < -0.4 is 0 Å². The molecule has 0 radical (unpaired) electrons. The van der Waals surface area contributed by atoms with Crippen LogP contribution in [0.3, 0.4) is 0 Å². The summed E-state index contributed by atoms with van der Waals surface area (Å²) < 4.78 is 38.4. The van der Waals surface area contributed by atoms with Crippen LogP contribution in [0.25, 0.3) is 0 Å². The smallest absolute Gasteiger partial charge is 0.308 e. The summed E-state index contributed by atoms with van der Waals surface area (Å²) in [5, 5.41) is 0. The van der Waals surface area contributed by atoms with Crippen molar-refractivity contribution in [1.29, 1.82) is 0 Å². The highest BCUT2D eigenvalue weighted by atomic mass is 19.3. The third-order valence-corrected chi connectivity index (χ3v) is 1.29. The molecule has 14 heavy (non-hydrogen) atoms. The van der Waals surface area contributed by atoms with Crippen LogP contribution in [0.15, 0.2) is 24.5 Å². The van der Waals surface area contributed by atoms with Crippen LogP contribution in [0.4, 0.5) is 8.78 Å². The Balaban J connectivity index is 3.63. The number of allylic oxidation sites excluding steroid dienone is 1. The summed E-state index contributed by atoms with van der Waals surface area (Å²) in [6.07, 6.45) is -0.514. The summed E-state index contributed by atoms with van der Waals surface area (Å²) in [4.78, 5) is 0. The molecule has 0 saturated carbocycles. The van der Waals surface area contributed by atoms with E-state index in [1.54, 1.807) is 0 Å². The second kappa shape index (κ2) is 8.65. The number of halogens is 2. The van der Waals surface area contributed by atoms with E-state index >= 15 is 0 Å². The van der Waals surface area contributed by atoms with E-state index in [2.05, 4.69) is 16.1 Å². The summed E-state index contributed by atoms with van der Waals surface area (Å²) >= 11 is 0. The Morgan fingerprint density at radius 2 is 2.07 bits per heavy atom. The van der Waals surface area contributed by atoms with Gasteiger partial charge in [-0.25, -0.2) is 0 Å². The average Bonchev–Trinajstić information content (AvgIpc) is 2.15. The standard InChI is InChI=1S/C9H14F2O3/c1-3-4-8(9(10)11)14-7-13-6-5-12-2/h3H,1,4-7H2,2H3. The van der Waals surface area contributed by atoms with Crippen molar-refractivity contribution >= 4 is 0 Å². The van der Waals surface area contributed by atoms with E-state index in [9.17, 15) is 8.78 Å². The Bertz CT molecular complexity index is 188. The van der Waals surface area contributed by atoms with Crippen LogP contribution in [0.5, 0.6) is 0 Å². The molecule has 0 aliphatic heterocycles. The molecule has 0 aliphatic carbocycles. The number of methoxy groups -OCH3 is 1. The SMILES string of the molecule is C=CCC(OCOCCOC)=C(F)F. The maximum atomic E-state index is 12.1. The van der Waals surface area contributed by atoms with Crippen LogP contribution in [0, 0.1) is 0 Å². The molecule has 0 heterocycles. The maximum absolute atomic E-state index is 12.1. The molecule has 0 fully saturated rings. The van der Waals surface area contributed by atoms with Gasteiger partial charge in [-0.05, 0) is 0 Å². The number of hydrogen-bond acceptors (Lipinski definition) is 3. The fraction of sp³-hybridized carbons (Fsp3) is 0.556.